The molecule has 0 aliphatic rings. The van der Waals surface area contributed by atoms with E-state index < -0.39 is 26.2 Å². The van der Waals surface area contributed by atoms with Crippen molar-refractivity contribution in [3.63, 3.8) is 0 Å². The van der Waals surface area contributed by atoms with E-state index in [0.29, 0.717) is 29.2 Å². The first-order valence-electron chi connectivity index (χ1n) is 8.39. The lowest BCUT2D eigenvalue weighted by Gasteiger charge is -2.16. The Balaban J connectivity index is 2.29. The van der Waals surface area contributed by atoms with E-state index in [0.717, 1.165) is 0 Å². The van der Waals surface area contributed by atoms with E-state index in [-0.39, 0.29) is 5.56 Å². The van der Waals surface area contributed by atoms with Gasteiger partial charge in [-0.15, -0.1) is 0 Å². The largest absolute Gasteiger partial charge is 0.325 e. The minimum atomic E-state index is -3.55. The molecular formula is C18H23N3O4S. The highest BCUT2D eigenvalue weighted by Gasteiger charge is 2.30. The summed E-state index contributed by atoms with van der Waals surface area (Å²) in [7, 11) is -3.55. The van der Waals surface area contributed by atoms with Gasteiger partial charge in [-0.25, -0.2) is 13.4 Å². The standard InChI is InChI=1S/C18H23N3O4S/c1-5-14-10-16(22)21-17(19-14)13-7-6-8-15(9-13)20-18(23)12(4)26(24,25)11(2)3/h6-12H,5H2,1-4H3,(H,20,23)(H,19,21,22). The summed E-state index contributed by atoms with van der Waals surface area (Å²) in [6.07, 6.45) is 0.623. The van der Waals surface area contributed by atoms with Gasteiger partial charge >= 0.3 is 0 Å². The smallest absolute Gasteiger partial charge is 0.251 e. The number of aryl methyl sites for hydroxylation is 1. The number of anilines is 1. The Hall–Kier alpha value is -2.48. The Bertz CT molecular complexity index is 964. The highest BCUT2D eigenvalue weighted by Crippen LogP contribution is 2.20. The molecule has 1 aromatic carbocycles. The average Bonchev–Trinajstić information content (AvgIpc) is 2.60. The maximum atomic E-state index is 12.3. The van der Waals surface area contributed by atoms with Crippen LogP contribution in [0.15, 0.2) is 35.1 Å². The van der Waals surface area contributed by atoms with Crippen molar-refractivity contribution in [3.05, 3.63) is 46.4 Å². The maximum Gasteiger partial charge on any atom is 0.251 e. The number of nitrogens with one attached hydrogen (secondary N) is 2. The second-order valence-corrected chi connectivity index (χ2v) is 9.12. The molecule has 2 rings (SSSR count). The van der Waals surface area contributed by atoms with Crippen LogP contribution in [0.25, 0.3) is 11.4 Å². The van der Waals surface area contributed by atoms with Crippen molar-refractivity contribution in [2.24, 2.45) is 0 Å². The van der Waals surface area contributed by atoms with Gasteiger partial charge in [0.05, 0.1) is 5.25 Å². The number of carbonyl (C=O) groups is 1. The molecular weight excluding hydrogens is 354 g/mol. The molecule has 26 heavy (non-hydrogen) atoms. The molecule has 0 spiro atoms. The molecule has 0 saturated heterocycles. The number of rotatable bonds is 6. The van der Waals surface area contributed by atoms with Crippen LogP contribution in [-0.2, 0) is 21.1 Å². The monoisotopic (exact) mass is 377 g/mol. The van der Waals surface area contributed by atoms with Gasteiger partial charge in [-0.3, -0.25) is 9.59 Å². The number of hydrogen-bond donors (Lipinski definition) is 2. The van der Waals surface area contributed by atoms with Crippen LogP contribution in [-0.4, -0.2) is 34.8 Å². The normalized spacial score (nSPS) is 12.8. The lowest BCUT2D eigenvalue weighted by molar-refractivity contribution is -0.115. The molecule has 0 bridgehead atoms. The fourth-order valence-electron chi connectivity index (χ4n) is 2.37. The average molecular weight is 377 g/mol. The molecule has 1 atom stereocenters. The molecule has 1 aromatic heterocycles. The number of amides is 1. The summed E-state index contributed by atoms with van der Waals surface area (Å²) in [5.41, 5.74) is 1.46. The van der Waals surface area contributed by atoms with Crippen LogP contribution in [0.4, 0.5) is 5.69 Å². The second-order valence-electron chi connectivity index (χ2n) is 6.29. The SMILES string of the molecule is CCc1cc(=O)[nH]c(-c2cccc(NC(=O)C(C)S(=O)(=O)C(C)C)c2)n1. The quantitative estimate of drug-likeness (QED) is 0.802. The Labute approximate surface area is 152 Å². The molecule has 1 unspecified atom stereocenters. The van der Waals surface area contributed by atoms with Crippen LogP contribution in [0, 0.1) is 0 Å². The predicted octanol–water partition coefficient (Wildman–Crippen LogP) is 2.15. The molecule has 7 nitrogen and oxygen atoms in total. The zero-order chi connectivity index (χ0) is 19.5. The fourth-order valence-corrected chi connectivity index (χ4v) is 3.55. The number of H-pyrrole nitrogens is 1. The highest BCUT2D eigenvalue weighted by molar-refractivity contribution is 7.93. The topological polar surface area (TPSA) is 109 Å². The summed E-state index contributed by atoms with van der Waals surface area (Å²) in [6.45, 7) is 6.36. The van der Waals surface area contributed by atoms with Crippen LogP contribution in [0.5, 0.6) is 0 Å². The van der Waals surface area contributed by atoms with Crippen molar-refractivity contribution >= 4 is 21.4 Å². The van der Waals surface area contributed by atoms with E-state index in [1.807, 2.05) is 6.92 Å². The number of aromatic amines is 1. The van der Waals surface area contributed by atoms with E-state index in [2.05, 4.69) is 15.3 Å². The van der Waals surface area contributed by atoms with Crippen LogP contribution in [0.3, 0.4) is 0 Å². The Kier molecular flexibility index (Phi) is 5.97. The van der Waals surface area contributed by atoms with Crippen molar-refractivity contribution in [2.75, 3.05) is 5.32 Å². The molecule has 1 heterocycles. The summed E-state index contributed by atoms with van der Waals surface area (Å²) in [4.78, 5) is 31.1. The van der Waals surface area contributed by atoms with Crippen molar-refractivity contribution in [1.29, 1.82) is 0 Å². The van der Waals surface area contributed by atoms with Gasteiger partial charge in [-0.1, -0.05) is 19.1 Å². The van der Waals surface area contributed by atoms with E-state index >= 15 is 0 Å². The fraction of sp³-hybridized carbons (Fsp3) is 0.389. The van der Waals surface area contributed by atoms with Crippen LogP contribution >= 0.6 is 0 Å². The van der Waals surface area contributed by atoms with Crippen molar-refractivity contribution in [2.45, 2.75) is 44.6 Å². The molecule has 0 aliphatic carbocycles. The molecule has 8 heteroatoms. The molecule has 0 aliphatic heterocycles. The number of aromatic nitrogens is 2. The van der Waals surface area contributed by atoms with E-state index in [4.69, 9.17) is 0 Å². The first kappa shape index (κ1) is 19.8. The van der Waals surface area contributed by atoms with Gasteiger partial charge in [0.1, 0.15) is 11.1 Å². The third-order valence-electron chi connectivity index (χ3n) is 4.08. The zero-order valence-electron chi connectivity index (χ0n) is 15.2. The minimum absolute atomic E-state index is 0.252. The molecule has 0 radical (unpaired) electrons. The summed E-state index contributed by atoms with van der Waals surface area (Å²) < 4.78 is 24.3. The number of carbonyl (C=O) groups excluding carboxylic acids is 1. The molecule has 2 aromatic rings. The van der Waals surface area contributed by atoms with Gasteiger partial charge in [0.25, 0.3) is 5.56 Å². The predicted molar refractivity (Wildman–Crippen MR) is 102 cm³/mol. The number of sulfone groups is 1. The molecule has 0 fully saturated rings. The van der Waals surface area contributed by atoms with Gasteiger partial charge in [0.15, 0.2) is 9.84 Å². The highest BCUT2D eigenvalue weighted by atomic mass is 32.2. The van der Waals surface area contributed by atoms with E-state index in [1.54, 1.807) is 38.1 Å². The van der Waals surface area contributed by atoms with Gasteiger partial charge in [0.2, 0.25) is 5.91 Å². The third kappa shape index (κ3) is 4.37. The van der Waals surface area contributed by atoms with E-state index in [9.17, 15) is 18.0 Å². The van der Waals surface area contributed by atoms with Crippen molar-refractivity contribution in [1.82, 2.24) is 9.97 Å². The molecule has 140 valence electrons. The van der Waals surface area contributed by atoms with Crippen molar-refractivity contribution < 1.29 is 13.2 Å². The van der Waals surface area contributed by atoms with Crippen molar-refractivity contribution in [3.8, 4) is 11.4 Å². The minimum Gasteiger partial charge on any atom is -0.325 e. The van der Waals surface area contributed by atoms with E-state index in [1.165, 1.54) is 13.0 Å². The first-order valence-corrected chi connectivity index (χ1v) is 10.00. The van der Waals surface area contributed by atoms with Crippen LogP contribution in [0.1, 0.15) is 33.4 Å². The maximum absolute atomic E-state index is 12.3. The lowest BCUT2D eigenvalue weighted by atomic mass is 10.1. The Morgan fingerprint density at radius 3 is 2.54 bits per heavy atom. The summed E-state index contributed by atoms with van der Waals surface area (Å²) >= 11 is 0. The van der Waals surface area contributed by atoms with Gasteiger partial charge in [-0.05, 0) is 39.3 Å². The lowest BCUT2D eigenvalue weighted by Crippen LogP contribution is -2.36. The second kappa shape index (κ2) is 7.82. The zero-order valence-corrected chi connectivity index (χ0v) is 16.1. The molecule has 2 N–H and O–H groups in total. The van der Waals surface area contributed by atoms with Gasteiger partial charge < -0.3 is 10.3 Å². The van der Waals surface area contributed by atoms with Crippen LogP contribution < -0.4 is 10.9 Å². The van der Waals surface area contributed by atoms with Crippen LogP contribution in [0.2, 0.25) is 0 Å². The van der Waals surface area contributed by atoms with Gasteiger partial charge in [-0.2, -0.15) is 0 Å². The number of nitrogens with zero attached hydrogens (tertiary/aromatic N) is 1. The third-order valence-corrected chi connectivity index (χ3v) is 6.59. The number of hydrogen-bond acceptors (Lipinski definition) is 5. The van der Waals surface area contributed by atoms with Gasteiger partial charge in [0, 0.05) is 23.0 Å². The number of benzene rings is 1. The molecule has 0 saturated carbocycles. The Morgan fingerprint density at radius 2 is 1.92 bits per heavy atom. The Morgan fingerprint density at radius 1 is 1.23 bits per heavy atom. The summed E-state index contributed by atoms with van der Waals surface area (Å²) in [5, 5.41) is 0.820. The summed E-state index contributed by atoms with van der Waals surface area (Å²) in [5.74, 6) is -0.201. The molecule has 1 amide bonds. The first-order chi connectivity index (χ1) is 12.1. The summed E-state index contributed by atoms with van der Waals surface area (Å²) in [6, 6.07) is 8.18.